The second kappa shape index (κ2) is 6.80. The summed E-state index contributed by atoms with van der Waals surface area (Å²) in [4.78, 5) is 10.1. The van der Waals surface area contributed by atoms with E-state index in [4.69, 9.17) is 5.73 Å². The van der Waals surface area contributed by atoms with Gasteiger partial charge in [0.1, 0.15) is 0 Å². The summed E-state index contributed by atoms with van der Waals surface area (Å²) >= 11 is 0. The lowest BCUT2D eigenvalue weighted by Crippen LogP contribution is -2.27. The molecule has 2 aromatic rings. The summed E-state index contributed by atoms with van der Waals surface area (Å²) in [5.74, 6) is 0.0446. The van der Waals surface area contributed by atoms with Crippen LogP contribution >= 0.6 is 0 Å². The number of rotatable bonds is 6. The Labute approximate surface area is 112 Å². The Hall–Kier alpha value is -2.01. The first-order valence-electron chi connectivity index (χ1n) is 6.25. The summed E-state index contributed by atoms with van der Waals surface area (Å²) in [6.07, 6.45) is 5.87. The van der Waals surface area contributed by atoms with E-state index in [9.17, 15) is 4.39 Å². The first-order chi connectivity index (χ1) is 9.31. The average molecular weight is 260 g/mol. The van der Waals surface area contributed by atoms with Crippen LogP contribution in [0.2, 0.25) is 0 Å². The largest absolute Gasteiger partial charge is 0.350 e. The summed E-state index contributed by atoms with van der Waals surface area (Å²) < 4.78 is 13.8. The van der Waals surface area contributed by atoms with Gasteiger partial charge < -0.3 is 10.6 Å². The average Bonchev–Trinajstić information content (AvgIpc) is 2.45. The number of nitrogens with two attached hydrogens (primary N) is 1. The second-order valence-corrected chi connectivity index (χ2v) is 4.23. The number of halogens is 1. The zero-order chi connectivity index (χ0) is 13.5. The minimum Gasteiger partial charge on any atom is -0.350 e. The molecule has 0 aliphatic carbocycles. The molecule has 19 heavy (non-hydrogen) atoms. The molecule has 0 unspecified atom stereocenters. The predicted octanol–water partition coefficient (Wildman–Crippen LogP) is 1.97. The molecular weight excluding hydrogens is 243 g/mol. The molecule has 0 fully saturated rings. The molecule has 0 spiro atoms. The SMILES string of the molecule is NCCCN(Cc1cccnc1)c1ncccc1F. The van der Waals surface area contributed by atoms with Crippen molar-refractivity contribution < 1.29 is 4.39 Å². The van der Waals surface area contributed by atoms with Crippen LogP contribution in [0.15, 0.2) is 42.9 Å². The van der Waals surface area contributed by atoms with E-state index in [1.807, 2.05) is 17.0 Å². The minimum atomic E-state index is -0.316. The Morgan fingerprint density at radius 3 is 2.74 bits per heavy atom. The lowest BCUT2D eigenvalue weighted by molar-refractivity contribution is 0.603. The van der Waals surface area contributed by atoms with E-state index in [-0.39, 0.29) is 5.82 Å². The molecule has 0 aliphatic rings. The number of hydrogen-bond acceptors (Lipinski definition) is 4. The van der Waals surface area contributed by atoms with E-state index < -0.39 is 0 Å². The summed E-state index contributed by atoms with van der Waals surface area (Å²) in [5, 5.41) is 0. The van der Waals surface area contributed by atoms with Gasteiger partial charge in [0.05, 0.1) is 0 Å². The maximum atomic E-state index is 13.8. The number of pyridine rings is 2. The van der Waals surface area contributed by atoms with E-state index in [1.165, 1.54) is 6.07 Å². The quantitative estimate of drug-likeness (QED) is 0.862. The standard InChI is InChI=1S/C14H17FN4/c15-13-5-2-8-18-14(13)19(9-3-6-16)11-12-4-1-7-17-10-12/h1-2,4-5,7-8,10H,3,6,9,11,16H2. The molecule has 0 aliphatic heterocycles. The molecule has 0 atom stereocenters. The number of nitrogens with zero attached hydrogens (tertiary/aromatic N) is 3. The smallest absolute Gasteiger partial charge is 0.165 e. The number of hydrogen-bond donors (Lipinski definition) is 1. The molecule has 100 valence electrons. The topological polar surface area (TPSA) is 55.0 Å². The third-order valence-electron chi connectivity index (χ3n) is 2.77. The van der Waals surface area contributed by atoms with Gasteiger partial charge in [0.25, 0.3) is 0 Å². The van der Waals surface area contributed by atoms with Gasteiger partial charge in [-0.1, -0.05) is 6.07 Å². The molecule has 0 bridgehead atoms. The van der Waals surface area contributed by atoms with Crippen LogP contribution in [-0.4, -0.2) is 23.1 Å². The van der Waals surface area contributed by atoms with E-state index in [0.717, 1.165) is 12.0 Å². The summed E-state index contributed by atoms with van der Waals surface area (Å²) in [6, 6.07) is 6.83. The van der Waals surface area contributed by atoms with Crippen molar-refractivity contribution in [1.29, 1.82) is 0 Å². The minimum absolute atomic E-state index is 0.316. The Morgan fingerprint density at radius 1 is 1.21 bits per heavy atom. The van der Waals surface area contributed by atoms with Crippen molar-refractivity contribution in [3.63, 3.8) is 0 Å². The van der Waals surface area contributed by atoms with Crippen LogP contribution in [0.4, 0.5) is 10.2 Å². The van der Waals surface area contributed by atoms with Crippen LogP contribution in [0.3, 0.4) is 0 Å². The highest BCUT2D eigenvalue weighted by atomic mass is 19.1. The molecule has 0 aromatic carbocycles. The molecule has 5 heteroatoms. The third-order valence-corrected chi connectivity index (χ3v) is 2.77. The maximum Gasteiger partial charge on any atom is 0.165 e. The van der Waals surface area contributed by atoms with Gasteiger partial charge in [-0.3, -0.25) is 4.98 Å². The van der Waals surface area contributed by atoms with Gasteiger partial charge in [-0.25, -0.2) is 9.37 Å². The van der Waals surface area contributed by atoms with Gasteiger partial charge in [0, 0.05) is 31.7 Å². The molecule has 2 aromatic heterocycles. The van der Waals surface area contributed by atoms with E-state index in [0.29, 0.717) is 25.5 Å². The summed E-state index contributed by atoms with van der Waals surface area (Å²) in [5.41, 5.74) is 6.55. The molecule has 2 N–H and O–H groups in total. The Kier molecular flexibility index (Phi) is 4.80. The predicted molar refractivity (Wildman–Crippen MR) is 73.2 cm³/mol. The Morgan fingerprint density at radius 2 is 2.05 bits per heavy atom. The van der Waals surface area contributed by atoms with E-state index in [2.05, 4.69) is 9.97 Å². The highest BCUT2D eigenvalue weighted by Gasteiger charge is 2.12. The van der Waals surface area contributed by atoms with Crippen molar-refractivity contribution in [3.05, 3.63) is 54.2 Å². The zero-order valence-corrected chi connectivity index (χ0v) is 10.7. The fraction of sp³-hybridized carbons (Fsp3) is 0.286. The fourth-order valence-corrected chi connectivity index (χ4v) is 1.86. The number of aromatic nitrogens is 2. The maximum absolute atomic E-state index is 13.8. The lowest BCUT2D eigenvalue weighted by Gasteiger charge is -2.23. The van der Waals surface area contributed by atoms with Gasteiger partial charge in [-0.15, -0.1) is 0 Å². The van der Waals surface area contributed by atoms with Crippen molar-refractivity contribution >= 4 is 5.82 Å². The van der Waals surface area contributed by atoms with Crippen LogP contribution < -0.4 is 10.6 Å². The summed E-state index contributed by atoms with van der Waals surface area (Å²) in [7, 11) is 0. The number of anilines is 1. The first-order valence-corrected chi connectivity index (χ1v) is 6.25. The van der Waals surface area contributed by atoms with Crippen molar-refractivity contribution in [2.45, 2.75) is 13.0 Å². The molecule has 0 amide bonds. The first kappa shape index (κ1) is 13.4. The van der Waals surface area contributed by atoms with Crippen molar-refractivity contribution in [2.24, 2.45) is 5.73 Å². The monoisotopic (exact) mass is 260 g/mol. The molecule has 2 heterocycles. The molecule has 2 rings (SSSR count). The van der Waals surface area contributed by atoms with Crippen molar-refractivity contribution in [2.75, 3.05) is 18.0 Å². The van der Waals surface area contributed by atoms with Gasteiger partial charge in [0.15, 0.2) is 11.6 Å². The normalized spacial score (nSPS) is 10.4. The third kappa shape index (κ3) is 3.72. The second-order valence-electron chi connectivity index (χ2n) is 4.23. The van der Waals surface area contributed by atoms with Gasteiger partial charge >= 0.3 is 0 Å². The molecular formula is C14H17FN4. The fourth-order valence-electron chi connectivity index (χ4n) is 1.86. The highest BCUT2D eigenvalue weighted by molar-refractivity contribution is 5.40. The van der Waals surface area contributed by atoms with Crippen molar-refractivity contribution in [3.8, 4) is 0 Å². The van der Waals surface area contributed by atoms with Gasteiger partial charge in [-0.05, 0) is 36.7 Å². The molecule has 4 nitrogen and oxygen atoms in total. The van der Waals surface area contributed by atoms with Crippen LogP contribution in [-0.2, 0) is 6.54 Å². The van der Waals surface area contributed by atoms with Crippen LogP contribution in [0.5, 0.6) is 0 Å². The summed E-state index contributed by atoms with van der Waals surface area (Å²) in [6.45, 7) is 1.80. The van der Waals surface area contributed by atoms with E-state index >= 15 is 0 Å². The molecule has 0 saturated heterocycles. The van der Waals surface area contributed by atoms with Crippen molar-refractivity contribution in [1.82, 2.24) is 9.97 Å². The van der Waals surface area contributed by atoms with Gasteiger partial charge in [-0.2, -0.15) is 0 Å². The molecule has 0 radical (unpaired) electrons. The Bertz CT molecular complexity index is 504. The van der Waals surface area contributed by atoms with Crippen LogP contribution in [0.25, 0.3) is 0 Å². The zero-order valence-electron chi connectivity index (χ0n) is 10.7. The van der Waals surface area contributed by atoms with Gasteiger partial charge in [0.2, 0.25) is 0 Å². The van der Waals surface area contributed by atoms with Crippen LogP contribution in [0.1, 0.15) is 12.0 Å². The highest BCUT2D eigenvalue weighted by Crippen LogP contribution is 2.18. The molecule has 0 saturated carbocycles. The Balaban J connectivity index is 2.19. The lowest BCUT2D eigenvalue weighted by atomic mass is 10.2. The van der Waals surface area contributed by atoms with Crippen LogP contribution in [0, 0.1) is 5.82 Å². The van der Waals surface area contributed by atoms with E-state index in [1.54, 1.807) is 24.7 Å².